The van der Waals surface area contributed by atoms with Crippen molar-refractivity contribution in [3.8, 4) is 0 Å². The molecule has 0 aromatic heterocycles. The first-order valence-electron chi connectivity index (χ1n) is 8.10. The molecule has 0 aliphatic rings. The minimum Gasteiger partial charge on any atom is -0.348 e. The van der Waals surface area contributed by atoms with Crippen LogP contribution in [0.15, 0.2) is 36.6 Å². The number of benzene rings is 1. The lowest BCUT2D eigenvalue weighted by molar-refractivity contribution is 0.389. The fourth-order valence-electron chi connectivity index (χ4n) is 2.87. The summed E-state index contributed by atoms with van der Waals surface area (Å²) in [7, 11) is 2.11. The lowest BCUT2D eigenvalue weighted by Crippen LogP contribution is -2.25. The van der Waals surface area contributed by atoms with Gasteiger partial charge in [0.2, 0.25) is 0 Å². The molecule has 0 amide bonds. The zero-order chi connectivity index (χ0) is 17.3. The van der Waals surface area contributed by atoms with E-state index in [1.807, 2.05) is 0 Å². The summed E-state index contributed by atoms with van der Waals surface area (Å²) in [6, 6.07) is 6.79. The molecule has 0 radical (unpaired) electrons. The van der Waals surface area contributed by atoms with E-state index in [0.717, 1.165) is 5.70 Å². The number of nitrogens with zero attached hydrogens (tertiary/aromatic N) is 1. The van der Waals surface area contributed by atoms with Crippen molar-refractivity contribution in [2.75, 3.05) is 7.05 Å². The smallest absolute Gasteiger partial charge is 0.0435 e. The molecule has 0 heterocycles. The molecule has 1 aromatic carbocycles. The summed E-state index contributed by atoms with van der Waals surface area (Å²) in [6.45, 7) is 22.0. The van der Waals surface area contributed by atoms with E-state index in [-0.39, 0.29) is 10.8 Å². The van der Waals surface area contributed by atoms with Crippen molar-refractivity contribution < 1.29 is 0 Å². The van der Waals surface area contributed by atoms with E-state index < -0.39 is 0 Å². The van der Waals surface area contributed by atoms with Gasteiger partial charge in [0.15, 0.2) is 0 Å². The minimum absolute atomic E-state index is 0.0589. The van der Waals surface area contributed by atoms with Crippen LogP contribution in [-0.4, -0.2) is 11.9 Å². The number of rotatable bonds is 3. The quantitative estimate of drug-likeness (QED) is 0.647. The highest BCUT2D eigenvalue weighted by molar-refractivity contribution is 5.66. The van der Waals surface area contributed by atoms with Crippen LogP contribution in [0.4, 0.5) is 0 Å². The van der Waals surface area contributed by atoms with Crippen LogP contribution >= 0.6 is 0 Å². The highest BCUT2D eigenvalue weighted by Gasteiger charge is 2.22. The third-order valence-corrected chi connectivity index (χ3v) is 4.24. The van der Waals surface area contributed by atoms with Crippen LogP contribution in [0.25, 0.3) is 5.70 Å². The Hall–Kier alpha value is -1.50. The van der Waals surface area contributed by atoms with Crippen LogP contribution < -0.4 is 0 Å². The van der Waals surface area contributed by atoms with Crippen molar-refractivity contribution in [1.29, 1.82) is 0 Å². The maximum atomic E-state index is 4.28. The van der Waals surface area contributed by atoms with Crippen LogP contribution in [0.5, 0.6) is 0 Å². The van der Waals surface area contributed by atoms with Gasteiger partial charge in [0.25, 0.3) is 0 Å². The predicted molar refractivity (Wildman–Crippen MR) is 99.9 cm³/mol. The standard InChI is InChI=1S/C21H33N/c1-11-19(22(10)16(3)20(4,5)6)17-12-13-18(15(2)14-17)21(7,8)9/h11-14H,3H2,1-2,4-10H3/b19-11-. The predicted octanol–water partition coefficient (Wildman–Crippen LogP) is 6.14. The highest BCUT2D eigenvalue weighted by atomic mass is 15.1. The third kappa shape index (κ3) is 4.03. The van der Waals surface area contributed by atoms with E-state index in [1.165, 1.54) is 22.4 Å². The van der Waals surface area contributed by atoms with Crippen LogP contribution in [0.2, 0.25) is 0 Å². The Morgan fingerprint density at radius 2 is 1.64 bits per heavy atom. The third-order valence-electron chi connectivity index (χ3n) is 4.24. The molecule has 1 nitrogen and oxygen atoms in total. The second-order valence-corrected chi connectivity index (χ2v) is 8.21. The van der Waals surface area contributed by atoms with Gasteiger partial charge >= 0.3 is 0 Å². The zero-order valence-electron chi connectivity index (χ0n) is 16.0. The summed E-state index contributed by atoms with van der Waals surface area (Å²) >= 11 is 0. The van der Waals surface area contributed by atoms with E-state index in [0.29, 0.717) is 0 Å². The number of hydrogen-bond acceptors (Lipinski definition) is 1. The molecule has 0 N–H and O–H groups in total. The van der Waals surface area contributed by atoms with Crippen molar-refractivity contribution in [3.63, 3.8) is 0 Å². The van der Waals surface area contributed by atoms with E-state index in [4.69, 9.17) is 0 Å². The molecule has 0 atom stereocenters. The van der Waals surface area contributed by atoms with E-state index in [1.54, 1.807) is 0 Å². The normalized spacial score (nSPS) is 13.2. The van der Waals surface area contributed by atoms with Crippen molar-refractivity contribution in [2.45, 2.75) is 60.8 Å². The maximum Gasteiger partial charge on any atom is 0.0435 e. The Labute approximate surface area is 137 Å². The van der Waals surface area contributed by atoms with Gasteiger partial charge in [-0.3, -0.25) is 0 Å². The van der Waals surface area contributed by atoms with Gasteiger partial charge in [0.05, 0.1) is 0 Å². The largest absolute Gasteiger partial charge is 0.348 e. The summed E-state index contributed by atoms with van der Waals surface area (Å²) in [5, 5.41) is 0. The molecule has 0 fully saturated rings. The molecular weight excluding hydrogens is 266 g/mol. The monoisotopic (exact) mass is 299 g/mol. The van der Waals surface area contributed by atoms with Crippen LogP contribution in [0, 0.1) is 12.3 Å². The van der Waals surface area contributed by atoms with Gasteiger partial charge in [-0.05, 0) is 42.0 Å². The lowest BCUT2D eigenvalue weighted by atomic mass is 9.83. The van der Waals surface area contributed by atoms with Gasteiger partial charge in [0.1, 0.15) is 0 Å². The SMILES string of the molecule is C=C(N(C)/C(=C\C)c1ccc(C(C)(C)C)c(C)c1)C(C)(C)C. The summed E-state index contributed by atoms with van der Waals surface area (Å²) in [5.74, 6) is 0. The summed E-state index contributed by atoms with van der Waals surface area (Å²) in [5.41, 5.74) is 6.58. The lowest BCUT2D eigenvalue weighted by Gasteiger charge is -2.33. The molecule has 1 aromatic rings. The van der Waals surface area contributed by atoms with Crippen molar-refractivity contribution in [1.82, 2.24) is 4.90 Å². The first-order valence-corrected chi connectivity index (χ1v) is 8.10. The summed E-state index contributed by atoms with van der Waals surface area (Å²) in [4.78, 5) is 2.21. The summed E-state index contributed by atoms with van der Waals surface area (Å²) < 4.78 is 0. The molecular formula is C21H33N. The topological polar surface area (TPSA) is 3.24 Å². The van der Waals surface area contributed by atoms with Crippen LogP contribution in [0.3, 0.4) is 0 Å². The van der Waals surface area contributed by atoms with Crippen molar-refractivity contribution in [2.24, 2.45) is 5.41 Å². The first-order chi connectivity index (χ1) is 9.89. The first kappa shape index (κ1) is 18.5. The van der Waals surface area contributed by atoms with Crippen molar-refractivity contribution >= 4 is 5.70 Å². The number of hydrogen-bond donors (Lipinski definition) is 0. The maximum absolute atomic E-state index is 4.28. The average molecular weight is 300 g/mol. The molecule has 22 heavy (non-hydrogen) atoms. The van der Waals surface area contributed by atoms with Crippen LogP contribution in [-0.2, 0) is 5.41 Å². The van der Waals surface area contributed by atoms with Gasteiger partial charge in [-0.15, -0.1) is 0 Å². The Morgan fingerprint density at radius 1 is 1.09 bits per heavy atom. The molecule has 0 saturated heterocycles. The Kier molecular flexibility index (Phi) is 5.33. The Balaban J connectivity index is 3.24. The molecule has 122 valence electrons. The fraction of sp³-hybridized carbons (Fsp3) is 0.524. The molecule has 0 spiro atoms. The molecule has 0 bridgehead atoms. The van der Waals surface area contributed by atoms with Crippen LogP contribution in [0.1, 0.15) is 65.2 Å². The Morgan fingerprint density at radius 3 is 2.00 bits per heavy atom. The van der Waals surface area contributed by atoms with E-state index in [9.17, 15) is 0 Å². The molecule has 0 saturated carbocycles. The molecule has 1 heteroatoms. The molecule has 0 unspecified atom stereocenters. The van der Waals surface area contributed by atoms with Gasteiger partial charge in [0, 0.05) is 23.9 Å². The van der Waals surface area contributed by atoms with Gasteiger partial charge in [-0.1, -0.05) is 66.3 Å². The van der Waals surface area contributed by atoms with Crippen molar-refractivity contribution in [3.05, 3.63) is 53.2 Å². The molecule has 0 aliphatic heterocycles. The second-order valence-electron chi connectivity index (χ2n) is 8.21. The fourth-order valence-corrected chi connectivity index (χ4v) is 2.87. The van der Waals surface area contributed by atoms with E-state index in [2.05, 4.69) is 98.2 Å². The Bertz CT molecular complexity index is 577. The van der Waals surface area contributed by atoms with E-state index >= 15 is 0 Å². The molecule has 0 aliphatic carbocycles. The number of aryl methyl sites for hydroxylation is 1. The second kappa shape index (κ2) is 6.32. The van der Waals surface area contributed by atoms with Gasteiger partial charge < -0.3 is 4.90 Å². The molecule has 1 rings (SSSR count). The number of allylic oxidation sites excluding steroid dienone is 2. The summed E-state index contributed by atoms with van der Waals surface area (Å²) in [6.07, 6.45) is 2.17. The highest BCUT2D eigenvalue weighted by Crippen LogP contribution is 2.33. The average Bonchev–Trinajstić information content (AvgIpc) is 2.36. The minimum atomic E-state index is 0.0589. The zero-order valence-corrected chi connectivity index (χ0v) is 16.0. The van der Waals surface area contributed by atoms with Gasteiger partial charge in [-0.2, -0.15) is 0 Å². The van der Waals surface area contributed by atoms with Gasteiger partial charge in [-0.25, -0.2) is 0 Å².